The van der Waals surface area contributed by atoms with Crippen molar-refractivity contribution in [2.75, 3.05) is 0 Å². The van der Waals surface area contributed by atoms with Crippen molar-refractivity contribution in [2.45, 2.75) is 0 Å². The molecule has 0 aromatic carbocycles. The fraction of sp³-hybridized carbons (Fsp3) is 0. The van der Waals surface area contributed by atoms with Gasteiger partial charge in [-0.1, -0.05) is 0 Å². The molecule has 4 heavy (non-hydrogen) atoms. The van der Waals surface area contributed by atoms with Crippen molar-refractivity contribution in [3.8, 4) is 4.97 Å². The number of nitrogens with zero attached hydrogens (tertiary/aromatic N) is 1. The van der Waals surface area contributed by atoms with Crippen LogP contribution >= 0.6 is 0 Å². The van der Waals surface area contributed by atoms with E-state index in [1.165, 1.54) is 4.97 Å². The van der Waals surface area contributed by atoms with Gasteiger partial charge < -0.3 is 0 Å². The first-order chi connectivity index (χ1) is 1.41. The van der Waals surface area contributed by atoms with Crippen LogP contribution < -0.4 is 0 Å². The van der Waals surface area contributed by atoms with Gasteiger partial charge in [0.1, 0.15) is 0 Å². The first kappa shape index (κ1) is 8.86. The van der Waals surface area contributed by atoms with Crippen molar-refractivity contribution in [1.82, 2.24) is 0 Å². The molecule has 0 aromatic rings. The summed E-state index contributed by atoms with van der Waals surface area (Å²) in [6.07, 6.45) is 0. The number of nitriles is 1. The van der Waals surface area contributed by atoms with E-state index in [9.17, 15) is 0 Å². The second-order valence-electron chi connectivity index (χ2n) is 0.0791. The third-order valence-corrected chi connectivity index (χ3v) is 0. The van der Waals surface area contributed by atoms with Crippen LogP contribution in [0, 0.1) is 10.2 Å². The molecule has 0 bridgehead atoms. The first-order valence-electron chi connectivity index (χ1n) is 0.400. The maximum absolute atomic E-state index is 7.21. The monoisotopic (exact) mass is 172 g/mol. The zero-order valence-corrected chi connectivity index (χ0v) is 5.36. The van der Waals surface area contributed by atoms with Crippen LogP contribution in [0.25, 0.3) is 0 Å². The molecular weight excluding hydrogens is 173 g/mol. The van der Waals surface area contributed by atoms with E-state index in [0.29, 0.717) is 0 Å². The molecule has 0 saturated heterocycles. The minimum absolute atomic E-state index is 0. The molecule has 0 fully saturated rings. The largest absolute Gasteiger partial charge is 0 e. The molecule has 21 valence electrons. The molecule has 0 aromatic heterocycles. The van der Waals surface area contributed by atoms with Gasteiger partial charge in [-0.3, -0.25) is 0 Å². The average Bonchev–Trinajstić information content (AvgIpc) is 0.918. The maximum atomic E-state index is 7.21. The van der Waals surface area contributed by atoms with Crippen LogP contribution in [-0.2, 0) is 42.2 Å². The molecule has 0 amide bonds. The summed E-state index contributed by atoms with van der Waals surface area (Å²) >= 11 is 2.79. The van der Waals surface area contributed by atoms with Gasteiger partial charge in [0.15, 0.2) is 0 Å². The van der Waals surface area contributed by atoms with Gasteiger partial charge in [0.2, 0.25) is 0 Å². The number of hydrogen-bond acceptors (Lipinski definition) is 1. The van der Waals surface area contributed by atoms with Gasteiger partial charge >= 0.3 is 26.2 Å². The third-order valence-electron chi connectivity index (χ3n) is 0. The van der Waals surface area contributed by atoms with Gasteiger partial charge in [-0.2, -0.15) is 0 Å². The van der Waals surface area contributed by atoms with E-state index >= 15 is 0 Å². The Bertz CT molecular complexity index is 29.5. The molecule has 0 N–H and O–H groups in total. The van der Waals surface area contributed by atoms with E-state index in [0.717, 1.165) is 0 Å². The first-order valence-corrected chi connectivity index (χ1v) is 0.952. The molecule has 0 saturated carbocycles. The molecule has 0 unspecified atom stereocenters. The van der Waals surface area contributed by atoms with E-state index in [1.54, 1.807) is 0 Å². The zero-order valence-electron chi connectivity index (χ0n) is 1.80. The van der Waals surface area contributed by atoms with Crippen molar-refractivity contribution < 1.29 is 42.2 Å². The van der Waals surface area contributed by atoms with E-state index in [-0.39, 0.29) is 26.2 Å². The summed E-state index contributed by atoms with van der Waals surface area (Å²) in [7, 11) is 0. The molecule has 0 atom stereocenters. The summed E-state index contributed by atoms with van der Waals surface area (Å²) in [6.45, 7) is 0. The SMILES string of the molecule is N#[C][Fe].[Zr]. The molecule has 0 rings (SSSR count). The summed E-state index contributed by atoms with van der Waals surface area (Å²) in [5.41, 5.74) is 0. The normalized spacial score (nSPS) is 2.00. The molecule has 1 nitrogen and oxygen atoms in total. The van der Waals surface area contributed by atoms with Crippen LogP contribution in [-0.4, -0.2) is 0 Å². The molecule has 0 radical (unpaired) electrons. The van der Waals surface area contributed by atoms with E-state index in [2.05, 4.69) is 16.0 Å². The molecular formula is CFeNZr. The van der Waals surface area contributed by atoms with E-state index < -0.39 is 0 Å². The molecule has 0 aliphatic heterocycles. The molecule has 0 aliphatic carbocycles. The minimum Gasteiger partial charge on any atom is 0 e. The van der Waals surface area contributed by atoms with Crippen LogP contribution in [0.1, 0.15) is 0 Å². The Balaban J connectivity index is 0. The summed E-state index contributed by atoms with van der Waals surface area (Å²) in [5.74, 6) is 0. The van der Waals surface area contributed by atoms with Crippen LogP contribution in [0.5, 0.6) is 0 Å². The summed E-state index contributed by atoms with van der Waals surface area (Å²) in [5, 5.41) is 7.21. The Hall–Kier alpha value is 0.893. The average molecular weight is 173 g/mol. The van der Waals surface area contributed by atoms with E-state index in [4.69, 9.17) is 5.26 Å². The van der Waals surface area contributed by atoms with Crippen molar-refractivity contribution in [1.29, 1.82) is 5.26 Å². The summed E-state index contributed by atoms with van der Waals surface area (Å²) < 4.78 is 0. The van der Waals surface area contributed by atoms with Crippen molar-refractivity contribution in [3.63, 3.8) is 0 Å². The van der Waals surface area contributed by atoms with Gasteiger partial charge in [0, 0.05) is 26.2 Å². The van der Waals surface area contributed by atoms with Gasteiger partial charge in [0.25, 0.3) is 0 Å². The molecule has 0 spiro atoms. The fourth-order valence-electron chi connectivity index (χ4n) is 0. The third kappa shape index (κ3) is 13.0. The number of hydrogen-bond donors (Lipinski definition) is 0. The summed E-state index contributed by atoms with van der Waals surface area (Å²) in [4.78, 5) is 1.50. The van der Waals surface area contributed by atoms with Crippen molar-refractivity contribution in [2.24, 2.45) is 0 Å². The van der Waals surface area contributed by atoms with Gasteiger partial charge in [0.05, 0.1) is 0 Å². The maximum Gasteiger partial charge on any atom is 0 e. The second kappa shape index (κ2) is 9.09. The quantitative estimate of drug-likeness (QED) is 0.473. The molecule has 3 heteroatoms. The van der Waals surface area contributed by atoms with Gasteiger partial charge in [-0.25, -0.2) is 0 Å². The Morgan fingerprint density at radius 1 is 1.75 bits per heavy atom. The Labute approximate surface area is 52.3 Å². The smallest absolute Gasteiger partial charge is 0 e. The Kier molecular flexibility index (Phi) is 20.1. The van der Waals surface area contributed by atoms with Crippen molar-refractivity contribution >= 4 is 0 Å². The zero-order chi connectivity index (χ0) is 2.71. The minimum atomic E-state index is 0. The van der Waals surface area contributed by atoms with E-state index in [1.807, 2.05) is 0 Å². The van der Waals surface area contributed by atoms with Crippen LogP contribution in [0.3, 0.4) is 0 Å². The standard InChI is InChI=1S/CN.Fe.Zr/c1-2;;. The summed E-state index contributed by atoms with van der Waals surface area (Å²) in [6, 6.07) is 0. The fourth-order valence-corrected chi connectivity index (χ4v) is 0. The Morgan fingerprint density at radius 2 is 1.75 bits per heavy atom. The van der Waals surface area contributed by atoms with Crippen LogP contribution in [0.15, 0.2) is 0 Å². The second-order valence-corrected chi connectivity index (χ2v) is 0.326. The molecule has 0 heterocycles. The van der Waals surface area contributed by atoms with Gasteiger partial charge in [-0.05, 0) is 0 Å². The van der Waals surface area contributed by atoms with Crippen LogP contribution in [0.2, 0.25) is 0 Å². The molecule has 0 aliphatic rings. The predicted octanol–water partition coefficient (Wildman–Crippen LogP) is 0.0118. The Morgan fingerprint density at radius 3 is 1.75 bits per heavy atom. The van der Waals surface area contributed by atoms with Gasteiger partial charge in [-0.15, -0.1) is 0 Å². The topological polar surface area (TPSA) is 23.8 Å². The predicted molar refractivity (Wildman–Crippen MR) is 5.61 cm³/mol. The van der Waals surface area contributed by atoms with Crippen molar-refractivity contribution in [3.05, 3.63) is 0 Å². The van der Waals surface area contributed by atoms with Crippen LogP contribution in [0.4, 0.5) is 0 Å². The number of rotatable bonds is 0.